The van der Waals surface area contributed by atoms with E-state index in [1.54, 1.807) is 0 Å². The quantitative estimate of drug-likeness (QED) is 0.327. The summed E-state index contributed by atoms with van der Waals surface area (Å²) in [6, 6.07) is 0. The van der Waals surface area contributed by atoms with Gasteiger partial charge in [0.05, 0.1) is 0 Å². The topological polar surface area (TPSA) is 58.9 Å². The summed E-state index contributed by atoms with van der Waals surface area (Å²) in [6.07, 6.45) is 0. The fourth-order valence-corrected chi connectivity index (χ4v) is 1.88. The minimum Gasteiger partial charge on any atom is -0.663 e. The maximum absolute atomic E-state index is 6.75. The van der Waals surface area contributed by atoms with E-state index in [2.05, 4.69) is 37.9 Å². The molecule has 0 saturated heterocycles. The van der Waals surface area contributed by atoms with E-state index in [0.717, 1.165) is 0 Å². The number of rotatable bonds is 2. The van der Waals surface area contributed by atoms with Gasteiger partial charge >= 0.3 is 0 Å². The molecule has 4 nitrogen and oxygen atoms in total. The summed E-state index contributed by atoms with van der Waals surface area (Å²) < 4.78 is 9.36. The van der Waals surface area contributed by atoms with E-state index in [0.29, 0.717) is 0 Å². The van der Waals surface area contributed by atoms with Crippen LogP contribution >= 0.6 is 46.4 Å². The number of ether oxygens (including phenoxy) is 2. The van der Waals surface area contributed by atoms with Crippen molar-refractivity contribution >= 4 is 46.4 Å². The second kappa shape index (κ2) is 13.3. The molecule has 0 bridgehead atoms. The number of aliphatic hydroxyl groups is 2. The molecule has 1 rings (SSSR count). The van der Waals surface area contributed by atoms with Crippen molar-refractivity contribution in [1.29, 1.82) is 0 Å². The molecule has 2 N–H and O–H groups in total. The Kier molecular flexibility index (Phi) is 17.6. The van der Waals surface area contributed by atoms with Gasteiger partial charge in [0.25, 0.3) is 0 Å². The molecule has 0 atom stereocenters. The van der Waals surface area contributed by atoms with Crippen LogP contribution in [0.3, 0.4) is 0 Å². The smallest absolute Gasteiger partial charge is 0.126 e. The minimum atomic E-state index is 0. The Morgan fingerprint density at radius 2 is 0.750 bits per heavy atom. The molecular formula is C10H10Cl4O4Rf2-4. The van der Waals surface area contributed by atoms with Gasteiger partial charge in [-0.3, -0.25) is 0 Å². The van der Waals surface area contributed by atoms with Gasteiger partial charge in [-0.2, -0.15) is 14.2 Å². The second-order valence-corrected chi connectivity index (χ2v) is 3.71. The largest absolute Gasteiger partial charge is 0.663 e. The van der Waals surface area contributed by atoms with Gasteiger partial charge in [-0.1, -0.05) is 46.4 Å². The third kappa shape index (κ3) is 5.26. The van der Waals surface area contributed by atoms with Crippen LogP contribution in [0.4, 0.5) is 0 Å². The normalized spacial score (nSPS) is 7.70. The minimum absolute atomic E-state index is 0. The third-order valence-corrected chi connectivity index (χ3v) is 3.11. The van der Waals surface area contributed by atoms with E-state index in [1.165, 1.54) is 0 Å². The molecule has 0 fully saturated rings. The van der Waals surface area contributed by atoms with Crippen LogP contribution in [0.2, 0.25) is 20.1 Å². The Hall–Kier alpha value is -2.10. The van der Waals surface area contributed by atoms with Crippen molar-refractivity contribution in [3.63, 3.8) is 0 Å². The average molecular weight is 870 g/mol. The maximum atomic E-state index is 6.75. The van der Waals surface area contributed by atoms with Crippen LogP contribution in [0.25, 0.3) is 0 Å². The van der Waals surface area contributed by atoms with Crippen molar-refractivity contribution in [2.45, 2.75) is 0 Å². The molecule has 0 radical (unpaired) electrons. The van der Waals surface area contributed by atoms with Gasteiger partial charge in [0, 0.05) is 0 Å². The Labute approximate surface area is 126 Å². The maximum Gasteiger partial charge on any atom is 0.126 e. The monoisotopic (exact) mass is 868 g/mol. The number of hydrogen-bond donors (Lipinski definition) is 2. The summed E-state index contributed by atoms with van der Waals surface area (Å²) in [5.41, 5.74) is 0. The molecule has 0 saturated carbocycles. The Morgan fingerprint density at radius 3 is 0.850 bits per heavy atom. The Bertz CT molecular complexity index is 317. The molecule has 110 valence electrons. The zero-order valence-corrected chi connectivity index (χ0v) is 26.3. The fraction of sp³-hybridized carbons (Fsp3) is 0. The van der Waals surface area contributed by atoms with Gasteiger partial charge in [0.15, 0.2) is 0 Å². The molecule has 0 unspecified atom stereocenters. The van der Waals surface area contributed by atoms with E-state index in [1.807, 2.05) is 0 Å². The summed E-state index contributed by atoms with van der Waals surface area (Å²) in [4.78, 5) is 0. The summed E-state index contributed by atoms with van der Waals surface area (Å²) >= 11 is 23.2. The standard InChI is InChI=1S/C8H4Cl4O2.2CH3O.2Rf/c1-13-7-3(9)5(11)8(14-2)6(12)4(7)10;2*1-2;;/h1-2H2;2*2H,1H2;;/q-2;2*-1;;. The van der Waals surface area contributed by atoms with Crippen LogP contribution in [0.1, 0.15) is 0 Å². The molecule has 1 aromatic carbocycles. The molecule has 0 heterocycles. The number of halogens is 4. The fourth-order valence-electron chi connectivity index (χ4n) is 0.845. The Morgan fingerprint density at radius 1 is 0.600 bits per heavy atom. The Balaban J connectivity index is -0.000000196. The van der Waals surface area contributed by atoms with Gasteiger partial charge in [-0.15, -0.1) is 0 Å². The van der Waals surface area contributed by atoms with Crippen LogP contribution in [0, 0.1) is 28.4 Å². The molecule has 20 heavy (non-hydrogen) atoms. The molecule has 0 aromatic heterocycles. The van der Waals surface area contributed by atoms with Crippen LogP contribution in [-0.2, 0) is 0 Å². The van der Waals surface area contributed by atoms with Crippen molar-refractivity contribution in [3.05, 3.63) is 48.5 Å². The first-order chi connectivity index (χ1) is 8.54. The van der Waals surface area contributed by atoms with Gasteiger partial charge in [0.1, 0.15) is 31.6 Å². The van der Waals surface area contributed by atoms with Crippen molar-refractivity contribution in [2.24, 2.45) is 0 Å². The van der Waals surface area contributed by atoms with Crippen LogP contribution < -0.4 is 9.47 Å². The summed E-state index contributed by atoms with van der Waals surface area (Å²) in [5.74, 6) is 0.202. The first-order valence-corrected chi connectivity index (χ1v) is 5.39. The molecule has 0 aliphatic heterocycles. The number of benzene rings is 1. The molecular weight excluding hydrogens is 860 g/mol. The summed E-state index contributed by atoms with van der Waals surface area (Å²) in [6.45, 7) is 0. The first kappa shape index (κ1) is 26.5. The molecule has 1 aromatic rings. The van der Waals surface area contributed by atoms with E-state index in [-0.39, 0.29) is 31.6 Å². The average Bonchev–Trinajstić information content (AvgIpc) is 2.42. The van der Waals surface area contributed by atoms with E-state index >= 15 is 0 Å². The van der Waals surface area contributed by atoms with Crippen LogP contribution in [0.15, 0.2) is 0 Å². The molecule has 0 aliphatic rings. The second-order valence-electron chi connectivity index (χ2n) is 2.20. The van der Waals surface area contributed by atoms with Crippen molar-refractivity contribution in [1.82, 2.24) is 0 Å². The van der Waals surface area contributed by atoms with Gasteiger partial charge in [-0.05, 0) is 0 Å². The molecule has 10 heteroatoms. The third-order valence-electron chi connectivity index (χ3n) is 1.47. The number of aliphatic hydroxyl groups excluding tert-OH is 2. The zero-order valence-electron chi connectivity index (χ0n) is 10.5. The first-order valence-electron chi connectivity index (χ1n) is 3.87. The molecule has 0 aliphatic carbocycles. The van der Waals surface area contributed by atoms with E-state index in [4.69, 9.17) is 56.6 Å². The van der Waals surface area contributed by atoms with Crippen LogP contribution in [0.5, 0.6) is 11.5 Å². The van der Waals surface area contributed by atoms with Gasteiger partial charge in [-0.25, -0.2) is 14.2 Å². The summed E-state index contributed by atoms with van der Waals surface area (Å²) in [5, 5.41) is 13.8. The summed E-state index contributed by atoms with van der Waals surface area (Å²) in [7, 11) is 10.8. The van der Waals surface area contributed by atoms with Crippen molar-refractivity contribution in [2.75, 3.05) is 0 Å². The molecule has 0 amide bonds. The van der Waals surface area contributed by atoms with Crippen molar-refractivity contribution in [3.8, 4) is 11.5 Å². The number of hydrogen-bond acceptors (Lipinski definition) is 4. The zero-order chi connectivity index (χ0) is 14.9. The predicted molar refractivity (Wildman–Crippen MR) is 73.0 cm³/mol. The molecule has 0 spiro atoms. The van der Waals surface area contributed by atoms with Crippen molar-refractivity contribution < 1.29 is 19.7 Å². The van der Waals surface area contributed by atoms with Crippen LogP contribution in [-0.4, -0.2) is 10.2 Å². The van der Waals surface area contributed by atoms with E-state index in [9.17, 15) is 0 Å². The van der Waals surface area contributed by atoms with Gasteiger partial charge < -0.3 is 19.7 Å². The SMILES string of the molecule is [CH2-]O.[CH2-]O.[CH2-]Oc1c(Cl)c(Cl)c(O[CH2-])c(Cl)c1Cl.[Rf].[Rf]. The van der Waals surface area contributed by atoms with Gasteiger partial charge in [0.2, 0.25) is 0 Å². The predicted octanol–water partition coefficient (Wildman–Crippen LogP) is 4.94. The van der Waals surface area contributed by atoms with E-state index < -0.39 is 0 Å².